The molecule has 8 nitrogen and oxygen atoms in total. The number of aromatic nitrogens is 3. The zero-order chi connectivity index (χ0) is 22.5. The van der Waals surface area contributed by atoms with Crippen LogP contribution in [0.5, 0.6) is 0 Å². The van der Waals surface area contributed by atoms with Gasteiger partial charge in [0.1, 0.15) is 11.6 Å². The standard InChI is InChI=1S/C24H27N5O3/c1-14-7-16-8-15(2)11-24(10-14,12-16)23(30)28-21-9-19-20(13-25-21)27-22(26-19)17-3-5-18(6-4-17)29(31)32/h3-6,9,13-16H,7-8,10-12H2,1-2H3,(H,26,27)(H,25,28,30). The number of anilines is 1. The van der Waals surface area contributed by atoms with Crippen molar-refractivity contribution in [3.8, 4) is 11.4 Å². The lowest BCUT2D eigenvalue weighted by atomic mass is 9.56. The second-order valence-electron chi connectivity index (χ2n) is 9.87. The van der Waals surface area contributed by atoms with Gasteiger partial charge in [-0.25, -0.2) is 9.97 Å². The Morgan fingerprint density at radius 1 is 1.16 bits per heavy atom. The molecule has 0 saturated heterocycles. The maximum absolute atomic E-state index is 13.4. The number of benzene rings is 1. The zero-order valence-corrected chi connectivity index (χ0v) is 18.3. The van der Waals surface area contributed by atoms with Gasteiger partial charge in [-0.3, -0.25) is 14.9 Å². The van der Waals surface area contributed by atoms with Gasteiger partial charge in [0.05, 0.1) is 27.6 Å². The number of carbonyl (C=O) groups is 1. The van der Waals surface area contributed by atoms with Gasteiger partial charge < -0.3 is 10.3 Å². The smallest absolute Gasteiger partial charge is 0.269 e. The van der Waals surface area contributed by atoms with Crippen LogP contribution in [0, 0.1) is 33.3 Å². The van der Waals surface area contributed by atoms with Gasteiger partial charge in [-0.05, 0) is 62.0 Å². The Balaban J connectivity index is 1.38. The van der Waals surface area contributed by atoms with Crippen LogP contribution in [0.1, 0.15) is 46.0 Å². The van der Waals surface area contributed by atoms with E-state index in [1.807, 2.05) is 0 Å². The highest BCUT2D eigenvalue weighted by molar-refractivity contribution is 5.96. The number of nitrogens with one attached hydrogen (secondary N) is 2. The first-order valence-electron chi connectivity index (χ1n) is 11.2. The Morgan fingerprint density at radius 3 is 2.50 bits per heavy atom. The molecule has 2 atom stereocenters. The third kappa shape index (κ3) is 3.74. The highest BCUT2D eigenvalue weighted by atomic mass is 16.6. The fourth-order valence-electron chi connectivity index (χ4n) is 6.09. The van der Waals surface area contributed by atoms with Gasteiger partial charge in [0, 0.05) is 23.8 Å². The minimum Gasteiger partial charge on any atom is -0.337 e. The summed E-state index contributed by atoms with van der Waals surface area (Å²) in [5, 5.41) is 14.0. The lowest BCUT2D eigenvalue weighted by molar-refractivity contribution is -0.384. The van der Waals surface area contributed by atoms with Gasteiger partial charge in [-0.1, -0.05) is 13.8 Å². The van der Waals surface area contributed by atoms with Gasteiger partial charge in [0.25, 0.3) is 5.69 Å². The molecule has 166 valence electrons. The number of H-pyrrole nitrogens is 1. The quantitative estimate of drug-likeness (QED) is 0.427. The molecule has 2 saturated carbocycles. The van der Waals surface area contributed by atoms with Crippen LogP contribution in [0.15, 0.2) is 36.5 Å². The summed E-state index contributed by atoms with van der Waals surface area (Å²) >= 11 is 0. The minimum absolute atomic E-state index is 0.0344. The number of nitro groups is 1. The molecule has 2 fully saturated rings. The molecule has 2 heterocycles. The number of imidazole rings is 1. The largest absolute Gasteiger partial charge is 0.337 e. The molecule has 2 bridgehead atoms. The highest BCUT2D eigenvalue weighted by Gasteiger charge is 2.49. The van der Waals surface area contributed by atoms with Gasteiger partial charge in [0.2, 0.25) is 5.91 Å². The Bertz CT molecular complexity index is 1170. The van der Waals surface area contributed by atoms with Crippen molar-refractivity contribution in [3.63, 3.8) is 0 Å². The fraction of sp³-hybridized carbons (Fsp3) is 0.458. The summed E-state index contributed by atoms with van der Waals surface area (Å²) in [6, 6.07) is 8.02. The Labute approximate surface area is 186 Å². The Hall–Kier alpha value is -3.29. The third-order valence-electron chi connectivity index (χ3n) is 7.07. The molecule has 32 heavy (non-hydrogen) atoms. The monoisotopic (exact) mass is 433 g/mol. The van der Waals surface area contributed by atoms with Crippen LogP contribution in [-0.4, -0.2) is 25.8 Å². The second kappa shape index (κ2) is 7.69. The van der Waals surface area contributed by atoms with Crippen molar-refractivity contribution in [2.45, 2.75) is 46.0 Å². The number of fused-ring (bicyclic) bond motifs is 3. The molecule has 0 spiro atoms. The van der Waals surface area contributed by atoms with Crippen molar-refractivity contribution in [3.05, 3.63) is 46.6 Å². The van der Waals surface area contributed by atoms with E-state index in [-0.39, 0.29) is 17.0 Å². The maximum Gasteiger partial charge on any atom is 0.269 e. The molecule has 2 aromatic heterocycles. The van der Waals surface area contributed by atoms with Crippen LogP contribution in [-0.2, 0) is 4.79 Å². The van der Waals surface area contributed by atoms with Crippen LogP contribution in [0.4, 0.5) is 11.5 Å². The van der Waals surface area contributed by atoms with Crippen molar-refractivity contribution in [1.82, 2.24) is 15.0 Å². The summed E-state index contributed by atoms with van der Waals surface area (Å²) in [5.41, 5.74) is 1.91. The number of non-ortho nitro benzene ring substituents is 1. The molecule has 1 aromatic carbocycles. The summed E-state index contributed by atoms with van der Waals surface area (Å²) in [7, 11) is 0. The van der Waals surface area contributed by atoms with Gasteiger partial charge in [-0.15, -0.1) is 0 Å². The molecular weight excluding hydrogens is 406 g/mol. The second-order valence-corrected chi connectivity index (χ2v) is 9.87. The van der Waals surface area contributed by atoms with Crippen molar-refractivity contribution in [2.75, 3.05) is 5.32 Å². The number of hydrogen-bond donors (Lipinski definition) is 2. The van der Waals surface area contributed by atoms with E-state index >= 15 is 0 Å². The van der Waals surface area contributed by atoms with Gasteiger partial charge in [-0.2, -0.15) is 0 Å². The van der Waals surface area contributed by atoms with E-state index in [1.54, 1.807) is 24.4 Å². The first kappa shape index (κ1) is 20.6. The molecule has 1 amide bonds. The molecule has 0 radical (unpaired) electrons. The summed E-state index contributed by atoms with van der Waals surface area (Å²) < 4.78 is 0. The minimum atomic E-state index is -0.427. The highest BCUT2D eigenvalue weighted by Crippen LogP contribution is 2.53. The molecule has 2 N–H and O–H groups in total. The van der Waals surface area contributed by atoms with E-state index in [0.717, 1.165) is 30.3 Å². The van der Waals surface area contributed by atoms with Crippen LogP contribution in [0.3, 0.4) is 0 Å². The number of nitrogens with zero attached hydrogens (tertiary/aromatic N) is 3. The zero-order valence-electron chi connectivity index (χ0n) is 18.3. The predicted octanol–water partition coefficient (Wildman–Crippen LogP) is 5.32. The van der Waals surface area contributed by atoms with Crippen LogP contribution >= 0.6 is 0 Å². The molecule has 3 aromatic rings. The van der Waals surface area contributed by atoms with Gasteiger partial charge in [0.15, 0.2) is 0 Å². The maximum atomic E-state index is 13.4. The van der Waals surface area contributed by atoms with E-state index in [4.69, 9.17) is 0 Å². The number of nitro benzene ring substituents is 1. The van der Waals surface area contributed by atoms with Crippen LogP contribution < -0.4 is 5.32 Å². The summed E-state index contributed by atoms with van der Waals surface area (Å²) in [6.07, 6.45) is 6.97. The first-order chi connectivity index (χ1) is 15.3. The number of amides is 1. The van der Waals surface area contributed by atoms with Gasteiger partial charge >= 0.3 is 0 Å². The average molecular weight is 434 g/mol. The Morgan fingerprint density at radius 2 is 1.84 bits per heavy atom. The Kier molecular flexibility index (Phi) is 4.95. The molecule has 2 aliphatic carbocycles. The average Bonchev–Trinajstić information content (AvgIpc) is 3.16. The number of pyridine rings is 1. The number of rotatable bonds is 4. The van der Waals surface area contributed by atoms with Crippen LogP contribution in [0.25, 0.3) is 22.4 Å². The topological polar surface area (TPSA) is 114 Å². The number of hydrogen-bond acceptors (Lipinski definition) is 5. The third-order valence-corrected chi connectivity index (χ3v) is 7.07. The van der Waals surface area contributed by atoms with E-state index in [0.29, 0.717) is 34.9 Å². The predicted molar refractivity (Wildman–Crippen MR) is 122 cm³/mol. The SMILES string of the molecule is CC1CC2CC(C)CC(C(=O)Nc3cc4nc(-c5ccc([N+](=O)[O-])cc5)[nH]c4cn3)(C1)C2. The summed E-state index contributed by atoms with van der Waals surface area (Å²) in [4.78, 5) is 36.1. The van der Waals surface area contributed by atoms with E-state index in [2.05, 4.69) is 34.1 Å². The van der Waals surface area contributed by atoms with Crippen molar-refractivity contribution >= 4 is 28.4 Å². The number of carbonyl (C=O) groups excluding carboxylic acids is 1. The van der Waals surface area contributed by atoms with Crippen molar-refractivity contribution in [1.29, 1.82) is 0 Å². The molecular formula is C24H27N5O3. The lowest BCUT2D eigenvalue weighted by Crippen LogP contribution is -2.47. The van der Waals surface area contributed by atoms with Crippen molar-refractivity contribution in [2.24, 2.45) is 23.2 Å². The van der Waals surface area contributed by atoms with Crippen LogP contribution in [0.2, 0.25) is 0 Å². The molecule has 8 heteroatoms. The molecule has 0 aliphatic heterocycles. The summed E-state index contributed by atoms with van der Waals surface area (Å²) in [5.74, 6) is 2.96. The lowest BCUT2D eigenvalue weighted by Gasteiger charge is -2.48. The molecule has 2 aliphatic rings. The summed E-state index contributed by atoms with van der Waals surface area (Å²) in [6.45, 7) is 4.52. The normalized spacial score (nSPS) is 27.2. The van der Waals surface area contributed by atoms with Crippen molar-refractivity contribution < 1.29 is 9.72 Å². The van der Waals surface area contributed by atoms with E-state index in [1.165, 1.54) is 25.0 Å². The fourth-order valence-corrected chi connectivity index (χ4v) is 6.09. The molecule has 2 unspecified atom stereocenters. The van der Waals surface area contributed by atoms with E-state index < -0.39 is 4.92 Å². The van der Waals surface area contributed by atoms with E-state index in [9.17, 15) is 14.9 Å². The number of aromatic amines is 1. The first-order valence-corrected chi connectivity index (χ1v) is 11.2. The molecule has 5 rings (SSSR count).